The van der Waals surface area contributed by atoms with Crippen molar-refractivity contribution in [3.8, 4) is 0 Å². The maximum absolute atomic E-state index is 14.6. The van der Waals surface area contributed by atoms with Crippen molar-refractivity contribution in [1.82, 2.24) is 36.4 Å². The standard InChI is InChI=1S/C43H62N8O6/c1-42(2,3)36(48-34(52)21-45-7)40(56)50-23-28-18-26(16-17-27(28)19-32(50)38(44)54)29-20-33(39(55)47-31-15-11-13-25-12-9-10-14-30(25)31)51(24-29)41(57)37(43(4,5)6)49-35(53)22-46-8/h9-10,12,14,16-18,29,31-33,36-37,45-46H,11,13,15,19-24H2,1-8H3,(H2,44,54)(H,47,55)(H,48,52)(H,49,53)/t29-,31+,32?,33-,36?,37+/m0/s1. The van der Waals surface area contributed by atoms with Crippen LogP contribution in [0.3, 0.4) is 0 Å². The monoisotopic (exact) mass is 786 g/mol. The lowest BCUT2D eigenvalue weighted by molar-refractivity contribution is -0.146. The smallest absolute Gasteiger partial charge is 0.246 e. The number of fused-ring (bicyclic) bond motifs is 2. The van der Waals surface area contributed by atoms with Crippen LogP contribution in [0.2, 0.25) is 0 Å². The molecule has 2 aromatic rings. The van der Waals surface area contributed by atoms with E-state index >= 15 is 0 Å². The number of hydrogen-bond acceptors (Lipinski definition) is 8. The van der Waals surface area contributed by atoms with Crippen LogP contribution in [-0.2, 0) is 48.2 Å². The second-order valence-electron chi connectivity index (χ2n) is 18.0. The molecule has 6 atom stereocenters. The number of primary amides is 1. The molecule has 3 aliphatic rings. The number of aryl methyl sites for hydroxylation is 1. The highest BCUT2D eigenvalue weighted by Gasteiger charge is 2.46. The Morgan fingerprint density at radius 1 is 0.772 bits per heavy atom. The van der Waals surface area contributed by atoms with Gasteiger partial charge in [0.05, 0.1) is 19.1 Å². The van der Waals surface area contributed by atoms with Crippen molar-refractivity contribution in [1.29, 1.82) is 0 Å². The summed E-state index contributed by atoms with van der Waals surface area (Å²) in [6.45, 7) is 11.6. The molecule has 0 saturated carbocycles. The summed E-state index contributed by atoms with van der Waals surface area (Å²) in [6.07, 6.45) is 3.23. The Hall–Kier alpha value is -4.82. The van der Waals surface area contributed by atoms with Gasteiger partial charge in [-0.05, 0) is 78.4 Å². The van der Waals surface area contributed by atoms with E-state index in [4.69, 9.17) is 5.73 Å². The number of carbonyl (C=O) groups is 6. The predicted molar refractivity (Wildman–Crippen MR) is 217 cm³/mol. The fourth-order valence-corrected chi connectivity index (χ4v) is 8.46. The van der Waals surface area contributed by atoms with Crippen LogP contribution in [0.25, 0.3) is 0 Å². The molecule has 2 aliphatic heterocycles. The SMILES string of the molecule is CNCC(=O)NC(C(=O)N1Cc2cc([C@H]3C[C@@H](C(=O)N[C@@H]4CCCc5ccccc54)N(C(=O)[C@@H](NC(=O)CNC)C(C)(C)C)C3)ccc2CC1C(N)=O)C(C)(C)C. The van der Waals surface area contributed by atoms with Gasteiger partial charge in [-0.15, -0.1) is 0 Å². The van der Waals surface area contributed by atoms with Crippen LogP contribution < -0.4 is 32.3 Å². The zero-order valence-corrected chi connectivity index (χ0v) is 34.8. The third kappa shape index (κ3) is 10.0. The Morgan fingerprint density at radius 3 is 1.95 bits per heavy atom. The summed E-state index contributed by atoms with van der Waals surface area (Å²) < 4.78 is 0. The normalized spacial score (nSPS) is 21.8. The average molecular weight is 787 g/mol. The van der Waals surface area contributed by atoms with E-state index in [9.17, 15) is 28.8 Å². The third-order valence-corrected chi connectivity index (χ3v) is 11.5. The fourth-order valence-electron chi connectivity index (χ4n) is 8.46. The number of amides is 6. The lowest BCUT2D eigenvalue weighted by atomic mass is 9.83. The van der Waals surface area contributed by atoms with Gasteiger partial charge in [-0.1, -0.05) is 84.0 Å². The average Bonchev–Trinajstić information content (AvgIpc) is 3.60. The van der Waals surface area contributed by atoms with Gasteiger partial charge in [0.1, 0.15) is 24.2 Å². The van der Waals surface area contributed by atoms with Crippen molar-refractivity contribution in [3.63, 3.8) is 0 Å². The molecule has 0 aromatic heterocycles. The minimum absolute atomic E-state index is 0.0258. The summed E-state index contributed by atoms with van der Waals surface area (Å²) in [5, 5.41) is 14.7. The van der Waals surface area contributed by atoms with E-state index in [2.05, 4.69) is 38.7 Å². The molecule has 310 valence electrons. The van der Waals surface area contributed by atoms with Crippen molar-refractivity contribution in [2.75, 3.05) is 33.7 Å². The van der Waals surface area contributed by atoms with Crippen LogP contribution in [0.5, 0.6) is 0 Å². The quantitative estimate of drug-likeness (QED) is 0.188. The number of nitrogens with two attached hydrogens (primary N) is 1. The van der Waals surface area contributed by atoms with Gasteiger partial charge in [-0.25, -0.2) is 0 Å². The summed E-state index contributed by atoms with van der Waals surface area (Å²) in [5.74, 6) is -2.52. The Kier molecular flexibility index (Phi) is 13.5. The van der Waals surface area contributed by atoms with E-state index in [1.807, 2.05) is 71.9 Å². The van der Waals surface area contributed by atoms with Gasteiger partial charge in [0.25, 0.3) is 0 Å². The number of benzene rings is 2. The van der Waals surface area contributed by atoms with Gasteiger partial charge in [-0.3, -0.25) is 28.8 Å². The number of carbonyl (C=O) groups excluding carboxylic acids is 6. The molecule has 57 heavy (non-hydrogen) atoms. The molecular formula is C43H62N8O6. The fraction of sp³-hybridized carbons (Fsp3) is 0.581. The minimum atomic E-state index is -0.918. The molecule has 14 heteroatoms. The zero-order valence-electron chi connectivity index (χ0n) is 34.8. The van der Waals surface area contributed by atoms with Crippen molar-refractivity contribution >= 4 is 35.4 Å². The van der Waals surface area contributed by atoms with E-state index < -0.39 is 46.8 Å². The summed E-state index contributed by atoms with van der Waals surface area (Å²) >= 11 is 0. The Balaban J connectivity index is 1.47. The van der Waals surface area contributed by atoms with Crippen LogP contribution >= 0.6 is 0 Å². The van der Waals surface area contributed by atoms with Gasteiger partial charge in [0.2, 0.25) is 35.4 Å². The molecule has 1 fully saturated rings. The second-order valence-corrected chi connectivity index (χ2v) is 18.0. The Morgan fingerprint density at radius 2 is 1.37 bits per heavy atom. The maximum Gasteiger partial charge on any atom is 0.246 e. The first-order valence-electron chi connectivity index (χ1n) is 20.1. The lowest BCUT2D eigenvalue weighted by Gasteiger charge is -2.40. The topological polar surface area (TPSA) is 195 Å². The molecule has 2 aromatic carbocycles. The van der Waals surface area contributed by atoms with E-state index in [1.165, 1.54) is 10.5 Å². The molecule has 0 radical (unpaired) electrons. The van der Waals surface area contributed by atoms with Crippen LogP contribution in [0, 0.1) is 10.8 Å². The molecule has 1 aliphatic carbocycles. The van der Waals surface area contributed by atoms with Crippen LogP contribution in [-0.4, -0.2) is 103 Å². The molecule has 14 nitrogen and oxygen atoms in total. The molecule has 1 saturated heterocycles. The van der Waals surface area contributed by atoms with E-state index in [-0.39, 0.29) is 68.2 Å². The number of hydrogen-bond donors (Lipinski definition) is 6. The molecule has 5 rings (SSSR count). The lowest BCUT2D eigenvalue weighted by Crippen LogP contribution is -2.60. The Labute approximate surface area is 336 Å². The summed E-state index contributed by atoms with van der Waals surface area (Å²) in [6, 6.07) is 10.3. The number of rotatable bonds is 12. The first-order valence-corrected chi connectivity index (χ1v) is 20.1. The number of likely N-dealkylation sites (N-methyl/N-ethyl adjacent to an activating group) is 2. The van der Waals surface area contributed by atoms with Gasteiger partial charge >= 0.3 is 0 Å². The van der Waals surface area contributed by atoms with Crippen molar-refractivity contribution in [2.45, 2.75) is 116 Å². The molecule has 0 spiro atoms. The molecule has 6 amide bonds. The maximum atomic E-state index is 14.6. The first-order chi connectivity index (χ1) is 26.8. The highest BCUT2D eigenvalue weighted by molar-refractivity contribution is 5.94. The highest BCUT2D eigenvalue weighted by Crippen LogP contribution is 2.38. The summed E-state index contributed by atoms with van der Waals surface area (Å²) in [5.41, 5.74) is 9.44. The van der Waals surface area contributed by atoms with Crippen molar-refractivity contribution < 1.29 is 28.8 Å². The van der Waals surface area contributed by atoms with Crippen LogP contribution in [0.1, 0.15) is 101 Å². The van der Waals surface area contributed by atoms with Gasteiger partial charge in [0.15, 0.2) is 0 Å². The van der Waals surface area contributed by atoms with Gasteiger partial charge < -0.3 is 42.1 Å². The van der Waals surface area contributed by atoms with Gasteiger partial charge in [-0.2, -0.15) is 0 Å². The van der Waals surface area contributed by atoms with Crippen LogP contribution in [0.15, 0.2) is 42.5 Å². The summed E-state index contributed by atoms with van der Waals surface area (Å²) in [4.78, 5) is 84.7. The van der Waals surface area contributed by atoms with E-state index in [0.717, 1.165) is 41.5 Å². The molecule has 2 unspecified atom stereocenters. The van der Waals surface area contributed by atoms with Crippen molar-refractivity contribution in [2.24, 2.45) is 16.6 Å². The zero-order chi connectivity index (χ0) is 41.8. The molecule has 7 N–H and O–H groups in total. The van der Waals surface area contributed by atoms with E-state index in [0.29, 0.717) is 6.42 Å². The van der Waals surface area contributed by atoms with Crippen molar-refractivity contribution in [3.05, 3.63) is 70.3 Å². The largest absolute Gasteiger partial charge is 0.368 e. The molecule has 0 bridgehead atoms. The number of likely N-dealkylation sites (tertiary alicyclic amines) is 1. The number of nitrogens with one attached hydrogen (secondary N) is 5. The minimum Gasteiger partial charge on any atom is -0.368 e. The van der Waals surface area contributed by atoms with Gasteiger partial charge in [0, 0.05) is 25.4 Å². The molecule has 2 heterocycles. The first kappa shape index (κ1) is 43.3. The number of nitrogens with zero attached hydrogens (tertiary/aromatic N) is 2. The highest BCUT2D eigenvalue weighted by atomic mass is 16.2. The Bertz CT molecular complexity index is 1850. The van der Waals surface area contributed by atoms with Crippen LogP contribution in [0.4, 0.5) is 0 Å². The van der Waals surface area contributed by atoms with E-state index in [1.54, 1.807) is 19.0 Å². The molecular weight excluding hydrogens is 725 g/mol. The summed E-state index contributed by atoms with van der Waals surface area (Å²) in [7, 11) is 3.31. The predicted octanol–water partition coefficient (Wildman–Crippen LogP) is 1.80. The third-order valence-electron chi connectivity index (χ3n) is 11.5. The second kappa shape index (κ2) is 17.8.